The molecule has 1 N–H and O–H groups in total. The Hall–Kier alpha value is -2.43. The highest BCUT2D eigenvalue weighted by Crippen LogP contribution is 2.26. The summed E-state index contributed by atoms with van der Waals surface area (Å²) in [5.74, 6) is -0.359. The van der Waals surface area contributed by atoms with Crippen LogP contribution in [0.1, 0.15) is 28.7 Å². The third kappa shape index (κ3) is 3.56. The van der Waals surface area contributed by atoms with Crippen LogP contribution >= 0.6 is 0 Å². The second-order valence-corrected chi connectivity index (χ2v) is 4.89. The number of hydrogen-bond donors (Lipinski definition) is 1. The van der Waals surface area contributed by atoms with Gasteiger partial charge in [-0.1, -0.05) is 18.2 Å². The zero-order valence-corrected chi connectivity index (χ0v) is 12.3. The normalized spacial score (nSPS) is 12.0. The van der Waals surface area contributed by atoms with Crippen LogP contribution in [0.3, 0.4) is 0 Å². The molecular formula is C16H18N2O3. The van der Waals surface area contributed by atoms with E-state index in [-0.39, 0.29) is 0 Å². The number of aryl methyl sites for hydroxylation is 2. The number of para-hydroxylation sites is 1. The largest absolute Gasteiger partial charge is 0.496 e. The van der Waals surface area contributed by atoms with E-state index in [1.807, 2.05) is 31.2 Å². The van der Waals surface area contributed by atoms with Crippen molar-refractivity contribution in [2.24, 2.45) is 0 Å². The molecule has 1 atom stereocenters. The highest BCUT2D eigenvalue weighted by atomic mass is 16.5. The summed E-state index contributed by atoms with van der Waals surface area (Å²) in [6.45, 7) is 3.60. The first kappa shape index (κ1) is 15.0. The lowest BCUT2D eigenvalue weighted by molar-refractivity contribution is -0.138. The monoisotopic (exact) mass is 286 g/mol. The number of carboxylic acids is 1. The Morgan fingerprint density at radius 3 is 2.62 bits per heavy atom. The number of ether oxygens (including phenoxy) is 1. The molecule has 2 aromatic rings. The van der Waals surface area contributed by atoms with E-state index in [4.69, 9.17) is 4.74 Å². The van der Waals surface area contributed by atoms with Gasteiger partial charge in [-0.3, -0.25) is 4.79 Å². The van der Waals surface area contributed by atoms with Crippen LogP contribution in [-0.4, -0.2) is 28.2 Å². The number of aliphatic carboxylic acids is 1. The maximum Gasteiger partial charge on any atom is 0.312 e. The molecule has 110 valence electrons. The lowest BCUT2D eigenvalue weighted by Crippen LogP contribution is -2.17. The summed E-state index contributed by atoms with van der Waals surface area (Å²) in [4.78, 5) is 20.1. The molecule has 2 rings (SSSR count). The van der Waals surface area contributed by atoms with Crippen molar-refractivity contribution >= 4 is 5.97 Å². The Labute approximate surface area is 123 Å². The number of aromatic nitrogens is 2. The Kier molecular flexibility index (Phi) is 4.52. The number of benzene rings is 1. The molecule has 0 aliphatic heterocycles. The van der Waals surface area contributed by atoms with E-state index in [1.165, 1.54) is 0 Å². The number of hydrogen-bond acceptors (Lipinski definition) is 4. The standard InChI is InChI=1S/C16H18N2O3/c1-10-8-14(18-11(2)17-10)13(16(19)20)9-12-6-4-5-7-15(12)21-3/h4-8,13H,9H2,1-3H3,(H,19,20). The molecule has 0 aliphatic carbocycles. The van der Waals surface area contributed by atoms with Gasteiger partial charge >= 0.3 is 5.97 Å². The first-order valence-corrected chi connectivity index (χ1v) is 6.68. The van der Waals surface area contributed by atoms with E-state index >= 15 is 0 Å². The summed E-state index contributed by atoms with van der Waals surface area (Å²) in [5, 5.41) is 9.53. The van der Waals surface area contributed by atoms with Crippen molar-refractivity contribution in [3.63, 3.8) is 0 Å². The lowest BCUT2D eigenvalue weighted by atomic mass is 9.95. The molecule has 0 aliphatic rings. The molecule has 0 bridgehead atoms. The highest BCUT2D eigenvalue weighted by molar-refractivity contribution is 5.76. The van der Waals surface area contributed by atoms with Crippen LogP contribution in [0, 0.1) is 13.8 Å². The molecule has 0 spiro atoms. The number of nitrogens with zero attached hydrogens (tertiary/aromatic N) is 2. The molecule has 5 nitrogen and oxygen atoms in total. The zero-order chi connectivity index (χ0) is 15.4. The molecule has 5 heteroatoms. The van der Waals surface area contributed by atoms with Crippen molar-refractivity contribution in [2.75, 3.05) is 7.11 Å². The van der Waals surface area contributed by atoms with E-state index < -0.39 is 11.9 Å². The summed E-state index contributed by atoms with van der Waals surface area (Å²) >= 11 is 0. The Morgan fingerprint density at radius 1 is 1.29 bits per heavy atom. The Bertz CT molecular complexity index is 635. The molecule has 0 fully saturated rings. The van der Waals surface area contributed by atoms with E-state index in [2.05, 4.69) is 9.97 Å². The molecule has 1 aromatic carbocycles. The molecule has 1 heterocycles. The predicted octanol–water partition coefficient (Wildman–Crippen LogP) is 2.51. The third-order valence-corrected chi connectivity index (χ3v) is 3.26. The minimum absolute atomic E-state index is 0.329. The van der Waals surface area contributed by atoms with Gasteiger partial charge in [0.15, 0.2) is 0 Å². The van der Waals surface area contributed by atoms with Crippen molar-refractivity contribution in [3.05, 3.63) is 53.1 Å². The fraction of sp³-hybridized carbons (Fsp3) is 0.312. The summed E-state index contributed by atoms with van der Waals surface area (Å²) in [7, 11) is 1.58. The molecule has 21 heavy (non-hydrogen) atoms. The number of carbonyl (C=O) groups is 1. The van der Waals surface area contributed by atoms with Crippen molar-refractivity contribution < 1.29 is 14.6 Å². The van der Waals surface area contributed by atoms with E-state index in [0.29, 0.717) is 23.7 Å². The quantitative estimate of drug-likeness (QED) is 0.914. The average molecular weight is 286 g/mol. The number of carboxylic acid groups (broad SMARTS) is 1. The van der Waals surface area contributed by atoms with Gasteiger partial charge in [0, 0.05) is 5.69 Å². The van der Waals surface area contributed by atoms with Gasteiger partial charge in [0.25, 0.3) is 0 Å². The van der Waals surface area contributed by atoms with Crippen molar-refractivity contribution in [1.82, 2.24) is 9.97 Å². The molecule has 1 unspecified atom stereocenters. The maximum atomic E-state index is 11.6. The summed E-state index contributed by atoms with van der Waals surface area (Å²) in [6.07, 6.45) is 0.329. The zero-order valence-electron chi connectivity index (χ0n) is 12.3. The third-order valence-electron chi connectivity index (χ3n) is 3.26. The topological polar surface area (TPSA) is 72.3 Å². The van der Waals surface area contributed by atoms with Crippen LogP contribution in [0.2, 0.25) is 0 Å². The molecule has 1 aromatic heterocycles. The van der Waals surface area contributed by atoms with Crippen LogP contribution in [0.15, 0.2) is 30.3 Å². The predicted molar refractivity (Wildman–Crippen MR) is 78.6 cm³/mol. The first-order valence-electron chi connectivity index (χ1n) is 6.68. The Morgan fingerprint density at radius 2 is 2.00 bits per heavy atom. The minimum Gasteiger partial charge on any atom is -0.496 e. The first-order chi connectivity index (χ1) is 10.0. The number of rotatable bonds is 5. The van der Waals surface area contributed by atoms with Gasteiger partial charge in [-0.15, -0.1) is 0 Å². The fourth-order valence-electron chi connectivity index (χ4n) is 2.33. The lowest BCUT2D eigenvalue weighted by Gasteiger charge is -2.15. The van der Waals surface area contributed by atoms with Crippen LogP contribution in [0.25, 0.3) is 0 Å². The molecule has 0 radical (unpaired) electrons. The van der Waals surface area contributed by atoms with Gasteiger partial charge in [0.1, 0.15) is 17.5 Å². The molecule has 0 amide bonds. The van der Waals surface area contributed by atoms with E-state index in [1.54, 1.807) is 20.1 Å². The van der Waals surface area contributed by atoms with Crippen LogP contribution in [-0.2, 0) is 11.2 Å². The second kappa shape index (κ2) is 6.35. The van der Waals surface area contributed by atoms with Crippen LogP contribution < -0.4 is 4.74 Å². The van der Waals surface area contributed by atoms with E-state index in [0.717, 1.165) is 11.3 Å². The van der Waals surface area contributed by atoms with Crippen molar-refractivity contribution in [3.8, 4) is 5.75 Å². The highest BCUT2D eigenvalue weighted by Gasteiger charge is 2.24. The van der Waals surface area contributed by atoms with Gasteiger partial charge < -0.3 is 9.84 Å². The van der Waals surface area contributed by atoms with Gasteiger partial charge in [0.2, 0.25) is 0 Å². The Balaban J connectivity index is 2.38. The minimum atomic E-state index is -0.904. The van der Waals surface area contributed by atoms with Gasteiger partial charge in [-0.2, -0.15) is 0 Å². The molecule has 0 saturated heterocycles. The summed E-state index contributed by atoms with van der Waals surface area (Å²) < 4.78 is 5.28. The van der Waals surface area contributed by atoms with Gasteiger partial charge in [0.05, 0.1) is 12.8 Å². The van der Waals surface area contributed by atoms with Gasteiger partial charge in [-0.05, 0) is 38.0 Å². The van der Waals surface area contributed by atoms with Crippen LogP contribution in [0.4, 0.5) is 0 Å². The van der Waals surface area contributed by atoms with Gasteiger partial charge in [-0.25, -0.2) is 9.97 Å². The smallest absolute Gasteiger partial charge is 0.312 e. The number of methoxy groups -OCH3 is 1. The molecule has 0 saturated carbocycles. The molecular weight excluding hydrogens is 268 g/mol. The average Bonchev–Trinajstić information content (AvgIpc) is 2.43. The second-order valence-electron chi connectivity index (χ2n) is 4.89. The van der Waals surface area contributed by atoms with Crippen molar-refractivity contribution in [2.45, 2.75) is 26.2 Å². The van der Waals surface area contributed by atoms with E-state index in [9.17, 15) is 9.90 Å². The fourth-order valence-corrected chi connectivity index (χ4v) is 2.33. The van der Waals surface area contributed by atoms with Crippen molar-refractivity contribution in [1.29, 1.82) is 0 Å². The summed E-state index contributed by atoms with van der Waals surface area (Å²) in [6, 6.07) is 9.14. The maximum absolute atomic E-state index is 11.6. The van der Waals surface area contributed by atoms with Crippen LogP contribution in [0.5, 0.6) is 5.75 Å². The summed E-state index contributed by atoms with van der Waals surface area (Å²) in [5.41, 5.74) is 2.14. The SMILES string of the molecule is COc1ccccc1CC(C(=O)O)c1cc(C)nc(C)n1.